The predicted molar refractivity (Wildman–Crippen MR) is 278 cm³/mol. The highest BCUT2D eigenvalue weighted by molar-refractivity contribution is 5.77. The third kappa shape index (κ3) is 46.9. The van der Waals surface area contributed by atoms with E-state index in [9.17, 15) is 19.8 Å². The summed E-state index contributed by atoms with van der Waals surface area (Å²) in [5.74, 6) is -0.472. The summed E-state index contributed by atoms with van der Waals surface area (Å²) in [7, 11) is 0. The van der Waals surface area contributed by atoms with Crippen molar-refractivity contribution in [1.82, 2.24) is 5.32 Å². The van der Waals surface area contributed by atoms with Gasteiger partial charge in [-0.05, 0) is 51.4 Å². The fourth-order valence-corrected chi connectivity index (χ4v) is 8.95. The summed E-state index contributed by atoms with van der Waals surface area (Å²) >= 11 is 0. The molecule has 0 heterocycles. The lowest BCUT2D eigenvalue weighted by molar-refractivity contribution is -0.151. The number of carbonyl (C=O) groups excluding carboxylic acids is 2. The summed E-state index contributed by atoms with van der Waals surface area (Å²) in [4.78, 5) is 26.2. The average Bonchev–Trinajstić information content (AvgIpc) is 3.29. The number of ether oxygens (including phenoxy) is 1. The lowest BCUT2D eigenvalue weighted by Crippen LogP contribution is -2.46. The van der Waals surface area contributed by atoms with Crippen molar-refractivity contribution >= 4 is 11.9 Å². The summed E-state index contributed by atoms with van der Waals surface area (Å²) in [6.07, 6.45) is 61.0. The first-order valence-corrected chi connectivity index (χ1v) is 28.6. The Morgan fingerprint density at radius 3 is 1.16 bits per heavy atom. The number of carbonyl (C=O) groups is 2. The highest BCUT2D eigenvalue weighted by Crippen LogP contribution is 2.19. The van der Waals surface area contributed by atoms with Crippen molar-refractivity contribution in [3.05, 3.63) is 24.3 Å². The third-order valence-electron chi connectivity index (χ3n) is 13.3. The first kappa shape index (κ1) is 62.3. The van der Waals surface area contributed by atoms with Gasteiger partial charge in [0.2, 0.25) is 5.91 Å². The molecule has 0 aromatic heterocycles. The van der Waals surface area contributed by atoms with Gasteiger partial charge in [0.05, 0.1) is 25.2 Å². The van der Waals surface area contributed by atoms with Gasteiger partial charge in [0.15, 0.2) is 0 Å². The van der Waals surface area contributed by atoms with Crippen LogP contribution in [0.15, 0.2) is 24.3 Å². The molecule has 0 aliphatic rings. The van der Waals surface area contributed by atoms with Crippen LogP contribution in [0.1, 0.15) is 310 Å². The monoisotopic (exact) mass is 902 g/mol. The second-order valence-corrected chi connectivity index (χ2v) is 19.7. The van der Waals surface area contributed by atoms with Gasteiger partial charge in [0.25, 0.3) is 0 Å². The van der Waals surface area contributed by atoms with Crippen LogP contribution in [-0.2, 0) is 14.3 Å². The quantitative estimate of drug-likeness (QED) is 0.0321. The number of unbranched alkanes of at least 4 members (excludes halogenated alkanes) is 37. The molecule has 0 aliphatic heterocycles. The number of hydrogen-bond donors (Lipinski definition) is 3. The standard InChI is InChI=1S/C58H111NO5/c1-4-7-10-13-16-19-22-25-27-28-29-31-33-36-39-42-45-48-51-58(63)64-54(49-46-43-40-37-34-32-30-26-23-20-17-14-11-8-5-2)52-57(62)59-55(53-60)56(61)50-47-44-41-38-35-24-21-18-15-12-9-6-3/h27-29,31,54-56,60-61H,4-26,30,32-53H2,1-3H3,(H,59,62)/b28-27+,31-29+. The van der Waals surface area contributed by atoms with Crippen molar-refractivity contribution in [3.8, 4) is 0 Å². The van der Waals surface area contributed by atoms with E-state index < -0.39 is 18.2 Å². The molecule has 1 amide bonds. The molecule has 0 aliphatic carbocycles. The maximum absolute atomic E-state index is 13.2. The van der Waals surface area contributed by atoms with Gasteiger partial charge in [-0.3, -0.25) is 9.59 Å². The number of aliphatic hydroxyl groups excluding tert-OH is 2. The number of rotatable bonds is 52. The Bertz CT molecular complexity index is 1010. The van der Waals surface area contributed by atoms with Gasteiger partial charge < -0.3 is 20.3 Å². The van der Waals surface area contributed by atoms with Gasteiger partial charge in [0, 0.05) is 6.42 Å². The zero-order valence-corrected chi connectivity index (χ0v) is 43.2. The van der Waals surface area contributed by atoms with Gasteiger partial charge in [-0.1, -0.05) is 270 Å². The maximum atomic E-state index is 13.2. The number of allylic oxidation sites excluding steroid dienone is 4. The molecule has 3 unspecified atom stereocenters. The molecule has 0 spiro atoms. The zero-order chi connectivity index (χ0) is 46.7. The van der Waals surface area contributed by atoms with E-state index in [-0.39, 0.29) is 24.9 Å². The Labute approximate surface area is 399 Å². The van der Waals surface area contributed by atoms with Crippen LogP contribution in [0, 0.1) is 0 Å². The van der Waals surface area contributed by atoms with E-state index in [1.54, 1.807) is 0 Å². The highest BCUT2D eigenvalue weighted by atomic mass is 16.5. The number of hydrogen-bond acceptors (Lipinski definition) is 5. The fourth-order valence-electron chi connectivity index (χ4n) is 8.95. The molecule has 0 saturated heterocycles. The molecule has 0 fully saturated rings. The Balaban J connectivity index is 4.55. The number of esters is 1. The highest BCUT2D eigenvalue weighted by Gasteiger charge is 2.24. The van der Waals surface area contributed by atoms with Gasteiger partial charge >= 0.3 is 5.97 Å². The Morgan fingerprint density at radius 2 is 0.781 bits per heavy atom. The molecule has 6 nitrogen and oxygen atoms in total. The third-order valence-corrected chi connectivity index (χ3v) is 13.3. The largest absolute Gasteiger partial charge is 0.462 e. The molecule has 0 bridgehead atoms. The van der Waals surface area contributed by atoms with Crippen LogP contribution in [0.5, 0.6) is 0 Å². The normalized spacial score (nSPS) is 13.3. The summed E-state index contributed by atoms with van der Waals surface area (Å²) in [5, 5.41) is 23.8. The van der Waals surface area contributed by atoms with Crippen molar-refractivity contribution in [3.63, 3.8) is 0 Å². The molecule has 6 heteroatoms. The predicted octanol–water partition coefficient (Wildman–Crippen LogP) is 17.5. The number of nitrogens with one attached hydrogen (secondary N) is 1. The van der Waals surface area contributed by atoms with E-state index >= 15 is 0 Å². The Kier molecular flexibility index (Phi) is 51.0. The summed E-state index contributed by atoms with van der Waals surface area (Å²) in [6.45, 7) is 6.51. The smallest absolute Gasteiger partial charge is 0.306 e. The molecule has 0 aromatic rings. The molecule has 0 aromatic carbocycles. The van der Waals surface area contributed by atoms with Gasteiger partial charge in [-0.2, -0.15) is 0 Å². The first-order chi connectivity index (χ1) is 31.5. The second kappa shape index (κ2) is 52.3. The van der Waals surface area contributed by atoms with Crippen LogP contribution in [-0.4, -0.2) is 46.9 Å². The van der Waals surface area contributed by atoms with Crippen molar-refractivity contribution in [2.45, 2.75) is 328 Å². The zero-order valence-electron chi connectivity index (χ0n) is 43.2. The molecule has 3 N–H and O–H groups in total. The topological polar surface area (TPSA) is 95.9 Å². The summed E-state index contributed by atoms with van der Waals surface area (Å²) in [6, 6.07) is -0.700. The SMILES string of the molecule is CCCCCCCCC/C=C/C=C/CCCCCCCC(=O)OC(CCCCCCCCCCCCCCCCC)CC(=O)NC(CO)C(O)CCCCCCCCCCCCCC. The molecular formula is C58H111NO5. The fraction of sp³-hybridized carbons (Fsp3) is 0.897. The van der Waals surface area contributed by atoms with E-state index in [2.05, 4.69) is 50.4 Å². The van der Waals surface area contributed by atoms with Crippen LogP contribution in [0.25, 0.3) is 0 Å². The molecule has 0 radical (unpaired) electrons. The first-order valence-electron chi connectivity index (χ1n) is 28.6. The minimum atomic E-state index is -0.786. The maximum Gasteiger partial charge on any atom is 0.306 e. The summed E-state index contributed by atoms with van der Waals surface area (Å²) in [5.41, 5.74) is 0. The van der Waals surface area contributed by atoms with Crippen LogP contribution >= 0.6 is 0 Å². The van der Waals surface area contributed by atoms with Gasteiger partial charge in [0.1, 0.15) is 6.10 Å². The molecule has 0 saturated carbocycles. The van der Waals surface area contributed by atoms with Gasteiger partial charge in [-0.25, -0.2) is 0 Å². The van der Waals surface area contributed by atoms with Crippen molar-refractivity contribution < 1.29 is 24.5 Å². The van der Waals surface area contributed by atoms with Gasteiger partial charge in [-0.15, -0.1) is 0 Å². The Hall–Kier alpha value is -1.66. The van der Waals surface area contributed by atoms with Crippen molar-refractivity contribution in [2.75, 3.05) is 6.61 Å². The van der Waals surface area contributed by atoms with Crippen molar-refractivity contribution in [2.24, 2.45) is 0 Å². The average molecular weight is 903 g/mol. The molecule has 64 heavy (non-hydrogen) atoms. The number of aliphatic hydroxyl groups is 2. The lowest BCUT2D eigenvalue weighted by atomic mass is 10.0. The van der Waals surface area contributed by atoms with E-state index in [0.717, 1.165) is 51.4 Å². The minimum Gasteiger partial charge on any atom is -0.462 e. The molecular weight excluding hydrogens is 791 g/mol. The van der Waals surface area contributed by atoms with Crippen LogP contribution in [0.2, 0.25) is 0 Å². The van der Waals surface area contributed by atoms with E-state index in [4.69, 9.17) is 4.74 Å². The van der Waals surface area contributed by atoms with Crippen LogP contribution < -0.4 is 5.32 Å². The molecule has 378 valence electrons. The van der Waals surface area contributed by atoms with E-state index in [0.29, 0.717) is 19.3 Å². The van der Waals surface area contributed by atoms with E-state index in [1.807, 2.05) is 0 Å². The summed E-state index contributed by atoms with van der Waals surface area (Å²) < 4.78 is 5.96. The molecule has 3 atom stereocenters. The van der Waals surface area contributed by atoms with Crippen molar-refractivity contribution in [1.29, 1.82) is 0 Å². The molecule has 0 rings (SSSR count). The number of amides is 1. The lowest BCUT2D eigenvalue weighted by Gasteiger charge is -2.24. The van der Waals surface area contributed by atoms with Crippen LogP contribution in [0.4, 0.5) is 0 Å². The van der Waals surface area contributed by atoms with E-state index in [1.165, 1.54) is 212 Å². The van der Waals surface area contributed by atoms with Crippen LogP contribution in [0.3, 0.4) is 0 Å². The second-order valence-electron chi connectivity index (χ2n) is 19.7. The minimum absolute atomic E-state index is 0.0774. The Morgan fingerprint density at radius 1 is 0.453 bits per heavy atom.